The van der Waals surface area contributed by atoms with E-state index in [1.54, 1.807) is 13.8 Å². The van der Waals surface area contributed by atoms with Crippen LogP contribution < -0.4 is 14.4 Å². The molecule has 246 valence electrons. The summed E-state index contributed by atoms with van der Waals surface area (Å²) >= 11 is 0. The van der Waals surface area contributed by atoms with Crippen molar-refractivity contribution < 1.29 is 32.9 Å². The van der Waals surface area contributed by atoms with Crippen LogP contribution in [0.5, 0.6) is 17.6 Å². The van der Waals surface area contributed by atoms with Crippen molar-refractivity contribution in [1.29, 1.82) is 0 Å². The summed E-state index contributed by atoms with van der Waals surface area (Å²) in [6.07, 6.45) is 7.01. The Kier molecular flexibility index (Phi) is 8.00. The number of aromatic hydroxyl groups is 1. The number of benzene rings is 2. The van der Waals surface area contributed by atoms with E-state index in [9.17, 15) is 19.0 Å². The first-order valence-corrected chi connectivity index (χ1v) is 16.0. The quantitative estimate of drug-likeness (QED) is 0.251. The number of fused-ring (bicyclic) bond motifs is 3. The normalized spacial score (nSPS) is 23.1. The van der Waals surface area contributed by atoms with Crippen LogP contribution in [-0.2, 0) is 0 Å². The fourth-order valence-corrected chi connectivity index (χ4v) is 7.43. The third-order valence-electron chi connectivity index (χ3n) is 9.44. The average Bonchev–Trinajstić information content (AvgIpc) is 3.56. The summed E-state index contributed by atoms with van der Waals surface area (Å²) in [5.41, 5.74) is -0.984. The molecule has 7 rings (SSSR count). The number of aromatic nitrogens is 3. The predicted octanol–water partition coefficient (Wildman–Crippen LogP) is 5.51. The van der Waals surface area contributed by atoms with Gasteiger partial charge in [-0.2, -0.15) is 9.97 Å². The molecule has 3 saturated heterocycles. The number of nitrogens with zero attached hydrogens (tertiary/aromatic N) is 5. The average molecular weight is 648 g/mol. The zero-order valence-electron chi connectivity index (χ0n) is 26.3. The molecule has 0 unspecified atom stereocenters. The Morgan fingerprint density at radius 3 is 2.70 bits per heavy atom. The topological polar surface area (TPSA) is 104 Å². The molecule has 0 radical (unpaired) electrons. The SMILES string of the molecule is C#Cc1c(F)ccc2cc(O)cc(-c3nc(OC(C)C)c4c(N5CCC[C@@H](O)C5)nc(OC[C@@]56CCCN5C[C@H](F)C6)nc4c3F)c12. The maximum absolute atomic E-state index is 17.1. The smallest absolute Gasteiger partial charge is 0.319 e. The predicted molar refractivity (Wildman–Crippen MR) is 172 cm³/mol. The second-order valence-electron chi connectivity index (χ2n) is 13.1. The van der Waals surface area contributed by atoms with E-state index in [0.717, 1.165) is 19.4 Å². The van der Waals surface area contributed by atoms with Gasteiger partial charge < -0.3 is 24.6 Å². The van der Waals surface area contributed by atoms with Crippen LogP contribution in [-0.4, -0.2) is 86.8 Å². The Labute approximate surface area is 270 Å². The number of ether oxygens (including phenoxy) is 2. The molecule has 47 heavy (non-hydrogen) atoms. The highest BCUT2D eigenvalue weighted by molar-refractivity contribution is 6.04. The lowest BCUT2D eigenvalue weighted by Crippen LogP contribution is -2.43. The van der Waals surface area contributed by atoms with Gasteiger partial charge in [0.25, 0.3) is 0 Å². The number of pyridine rings is 1. The second-order valence-corrected chi connectivity index (χ2v) is 13.1. The minimum Gasteiger partial charge on any atom is -0.508 e. The Morgan fingerprint density at radius 1 is 1.11 bits per heavy atom. The number of phenolic OH excluding ortho intramolecular Hbond substituents is 1. The van der Waals surface area contributed by atoms with Crippen molar-refractivity contribution >= 4 is 27.5 Å². The van der Waals surface area contributed by atoms with Crippen LogP contribution in [0.1, 0.15) is 51.5 Å². The third kappa shape index (κ3) is 5.55. The number of β-amino-alcohol motifs (C(OH)–C–C–N with tert-alkyl or cyclic N) is 1. The highest BCUT2D eigenvalue weighted by Crippen LogP contribution is 2.44. The number of hydrogen-bond donors (Lipinski definition) is 2. The van der Waals surface area contributed by atoms with E-state index in [1.165, 1.54) is 24.3 Å². The Morgan fingerprint density at radius 2 is 1.94 bits per heavy atom. The first kappa shape index (κ1) is 31.3. The second kappa shape index (κ2) is 12.0. The lowest BCUT2D eigenvalue weighted by atomic mass is 9.95. The number of aliphatic hydroxyl groups is 1. The number of rotatable bonds is 7. The molecule has 0 saturated carbocycles. The summed E-state index contributed by atoms with van der Waals surface area (Å²) in [4.78, 5) is 17.8. The number of aliphatic hydroxyl groups excluding tert-OH is 1. The van der Waals surface area contributed by atoms with Gasteiger partial charge in [-0.3, -0.25) is 4.90 Å². The third-order valence-corrected chi connectivity index (χ3v) is 9.44. The van der Waals surface area contributed by atoms with Crippen molar-refractivity contribution in [2.24, 2.45) is 0 Å². The van der Waals surface area contributed by atoms with Gasteiger partial charge in [0.1, 0.15) is 46.8 Å². The zero-order valence-corrected chi connectivity index (χ0v) is 26.3. The standard InChI is InChI=1S/C35H36F3N5O4/c1-4-24-26(37)9-8-20-13-23(45)14-25(27(20)24)30-29(38)31-28(33(39-30)47-19(2)3)32(42-11-5-7-22(44)17-42)41-34(40-31)46-18-35-10-6-12-43(35)16-21(36)15-35/h1,8-9,13-14,19,21-22,44-45H,5-7,10-12,15-18H2,2-3H3/t21-,22-,35+/m1/s1. The maximum atomic E-state index is 17.1. The molecule has 3 aliphatic heterocycles. The van der Waals surface area contributed by atoms with Crippen LogP contribution in [0.25, 0.3) is 32.9 Å². The zero-order chi connectivity index (χ0) is 33.0. The van der Waals surface area contributed by atoms with Gasteiger partial charge in [-0.15, -0.1) is 6.42 Å². The highest BCUT2D eigenvalue weighted by Gasteiger charge is 2.49. The van der Waals surface area contributed by atoms with E-state index >= 15 is 4.39 Å². The van der Waals surface area contributed by atoms with E-state index in [1.807, 2.05) is 4.90 Å². The molecule has 2 N–H and O–H groups in total. The summed E-state index contributed by atoms with van der Waals surface area (Å²) in [5, 5.41) is 22.0. The Balaban J connectivity index is 1.46. The molecule has 2 aromatic carbocycles. The molecular formula is C35H36F3N5O4. The molecule has 3 fully saturated rings. The number of halogens is 3. The lowest BCUT2D eigenvalue weighted by Gasteiger charge is -2.33. The molecule has 4 aromatic rings. The van der Waals surface area contributed by atoms with Gasteiger partial charge in [0.05, 0.1) is 23.3 Å². The molecule has 9 nitrogen and oxygen atoms in total. The fraction of sp³-hybridized carbons (Fsp3) is 0.457. The van der Waals surface area contributed by atoms with Gasteiger partial charge >= 0.3 is 6.01 Å². The van der Waals surface area contributed by atoms with Gasteiger partial charge in [0.15, 0.2) is 5.82 Å². The number of anilines is 1. The van der Waals surface area contributed by atoms with E-state index in [2.05, 4.69) is 20.8 Å². The number of phenols is 1. The molecule has 0 aliphatic carbocycles. The van der Waals surface area contributed by atoms with Crippen molar-refractivity contribution in [3.63, 3.8) is 0 Å². The van der Waals surface area contributed by atoms with Crippen LogP contribution in [0.15, 0.2) is 24.3 Å². The maximum Gasteiger partial charge on any atom is 0.319 e. The largest absolute Gasteiger partial charge is 0.508 e. The van der Waals surface area contributed by atoms with Crippen LogP contribution in [0.2, 0.25) is 0 Å². The van der Waals surface area contributed by atoms with Crippen molar-refractivity contribution in [3.05, 3.63) is 41.5 Å². The molecular weight excluding hydrogens is 611 g/mol. The van der Waals surface area contributed by atoms with E-state index in [0.29, 0.717) is 37.7 Å². The molecule has 0 bridgehead atoms. The van der Waals surface area contributed by atoms with E-state index in [4.69, 9.17) is 20.9 Å². The monoisotopic (exact) mass is 647 g/mol. The molecule has 0 amide bonds. The van der Waals surface area contributed by atoms with Crippen molar-refractivity contribution in [2.75, 3.05) is 37.7 Å². The first-order chi connectivity index (χ1) is 22.6. The fourth-order valence-electron chi connectivity index (χ4n) is 7.43. The molecule has 3 aliphatic rings. The number of alkyl halides is 1. The van der Waals surface area contributed by atoms with Gasteiger partial charge in [-0.25, -0.2) is 18.2 Å². The van der Waals surface area contributed by atoms with Crippen LogP contribution in [0.4, 0.5) is 19.0 Å². The minimum atomic E-state index is -0.960. The van der Waals surface area contributed by atoms with Crippen LogP contribution >= 0.6 is 0 Å². The molecule has 12 heteroatoms. The number of piperidine rings is 1. The first-order valence-electron chi connectivity index (χ1n) is 16.0. The number of hydrogen-bond acceptors (Lipinski definition) is 9. The van der Waals surface area contributed by atoms with Crippen LogP contribution in [0, 0.1) is 24.0 Å². The number of terminal acetylenes is 1. The molecule has 2 aromatic heterocycles. The van der Waals surface area contributed by atoms with Gasteiger partial charge in [-0.05, 0) is 69.7 Å². The summed E-state index contributed by atoms with van der Waals surface area (Å²) in [6.45, 7) is 5.59. The highest BCUT2D eigenvalue weighted by atomic mass is 19.1. The van der Waals surface area contributed by atoms with Crippen molar-refractivity contribution in [2.45, 2.75) is 69.9 Å². The summed E-state index contributed by atoms with van der Waals surface area (Å²) in [5.74, 6) is 0.885. The Bertz CT molecular complexity index is 1920. The van der Waals surface area contributed by atoms with E-state index < -0.39 is 35.6 Å². The Hall–Kier alpha value is -4.34. The van der Waals surface area contributed by atoms with Gasteiger partial charge in [0, 0.05) is 37.0 Å². The molecule has 5 heterocycles. The van der Waals surface area contributed by atoms with E-state index in [-0.39, 0.29) is 69.7 Å². The summed E-state index contributed by atoms with van der Waals surface area (Å²) < 4.78 is 58.9. The van der Waals surface area contributed by atoms with Gasteiger partial charge in [-0.1, -0.05) is 12.0 Å². The summed E-state index contributed by atoms with van der Waals surface area (Å²) in [7, 11) is 0. The molecule has 0 spiro atoms. The van der Waals surface area contributed by atoms with Crippen molar-refractivity contribution in [1.82, 2.24) is 19.9 Å². The lowest BCUT2D eigenvalue weighted by molar-refractivity contribution is 0.107. The van der Waals surface area contributed by atoms with Gasteiger partial charge in [0.2, 0.25) is 5.88 Å². The van der Waals surface area contributed by atoms with Crippen molar-refractivity contribution in [3.8, 4) is 41.2 Å². The molecule has 3 atom stereocenters. The summed E-state index contributed by atoms with van der Waals surface area (Å²) in [6, 6.07) is 5.21. The van der Waals surface area contributed by atoms with Crippen LogP contribution in [0.3, 0.4) is 0 Å². The minimum absolute atomic E-state index is 0.0137.